The largest absolute Gasteiger partial charge is 0.385 e. The third-order valence-corrected chi connectivity index (χ3v) is 2.65. The summed E-state index contributed by atoms with van der Waals surface area (Å²) in [6.45, 7) is 0.665. The number of nitrogens with zero attached hydrogens (tertiary/aromatic N) is 2. The Morgan fingerprint density at radius 2 is 2.14 bits per heavy atom. The fourth-order valence-electron chi connectivity index (χ4n) is 1.58. The summed E-state index contributed by atoms with van der Waals surface area (Å²) in [5.41, 5.74) is -0.461. The van der Waals surface area contributed by atoms with Crippen molar-refractivity contribution in [2.24, 2.45) is 0 Å². The summed E-state index contributed by atoms with van der Waals surface area (Å²) in [5.74, 6) is -3.86. The van der Waals surface area contributed by atoms with E-state index in [2.05, 4.69) is 10.3 Å². The summed E-state index contributed by atoms with van der Waals surface area (Å²) in [6, 6.07) is 1.06. The molecule has 0 unspecified atom stereocenters. The van der Waals surface area contributed by atoms with E-state index in [1.54, 1.807) is 7.11 Å². The number of aromatic nitrogens is 1. The Balaban J connectivity index is 2.55. The van der Waals surface area contributed by atoms with Crippen molar-refractivity contribution in [1.29, 1.82) is 0 Å². The van der Waals surface area contributed by atoms with Crippen LogP contribution in [0.15, 0.2) is 12.3 Å². The SMILES string of the molecule is COCCCNC(=O)CN(C)C(=O)c1ccnc(F)c1F. The molecule has 0 bridgehead atoms. The number of carbonyl (C=O) groups is 2. The van der Waals surface area contributed by atoms with Gasteiger partial charge in [0.15, 0.2) is 5.82 Å². The minimum Gasteiger partial charge on any atom is -0.385 e. The van der Waals surface area contributed by atoms with Crippen molar-refractivity contribution in [3.8, 4) is 0 Å². The lowest BCUT2D eigenvalue weighted by Gasteiger charge is -2.17. The third-order valence-electron chi connectivity index (χ3n) is 2.65. The summed E-state index contributed by atoms with van der Waals surface area (Å²) >= 11 is 0. The van der Waals surface area contributed by atoms with Gasteiger partial charge in [-0.3, -0.25) is 9.59 Å². The lowest BCUT2D eigenvalue weighted by atomic mass is 10.2. The van der Waals surface area contributed by atoms with Crippen molar-refractivity contribution in [2.75, 3.05) is 33.9 Å². The van der Waals surface area contributed by atoms with Gasteiger partial charge in [-0.15, -0.1) is 0 Å². The Kier molecular flexibility index (Phi) is 6.67. The fraction of sp³-hybridized carbons (Fsp3) is 0.462. The molecule has 2 amide bonds. The predicted molar refractivity (Wildman–Crippen MR) is 70.6 cm³/mol. The Morgan fingerprint density at radius 1 is 1.43 bits per heavy atom. The number of nitrogens with one attached hydrogen (secondary N) is 1. The van der Waals surface area contributed by atoms with Crippen LogP contribution in [0.2, 0.25) is 0 Å². The summed E-state index contributed by atoms with van der Waals surface area (Å²) < 4.78 is 31.2. The lowest BCUT2D eigenvalue weighted by molar-refractivity contribution is -0.121. The van der Waals surface area contributed by atoms with Crippen LogP contribution < -0.4 is 5.32 Å². The Morgan fingerprint density at radius 3 is 2.81 bits per heavy atom. The van der Waals surface area contributed by atoms with Crippen molar-refractivity contribution < 1.29 is 23.1 Å². The van der Waals surface area contributed by atoms with Gasteiger partial charge in [0.25, 0.3) is 5.91 Å². The number of amides is 2. The topological polar surface area (TPSA) is 71.5 Å². The van der Waals surface area contributed by atoms with Crippen LogP contribution in [0.1, 0.15) is 16.8 Å². The van der Waals surface area contributed by atoms with Crippen molar-refractivity contribution in [1.82, 2.24) is 15.2 Å². The highest BCUT2D eigenvalue weighted by molar-refractivity contribution is 5.96. The number of methoxy groups -OCH3 is 1. The van der Waals surface area contributed by atoms with Crippen LogP contribution in [-0.2, 0) is 9.53 Å². The van der Waals surface area contributed by atoms with E-state index in [0.29, 0.717) is 19.6 Å². The molecular formula is C13H17F2N3O3. The monoisotopic (exact) mass is 301 g/mol. The maximum atomic E-state index is 13.4. The molecule has 0 fully saturated rings. The standard InChI is InChI=1S/C13H17F2N3O3/c1-18(8-10(19)16-5-3-7-21-2)13(20)9-4-6-17-12(15)11(9)14/h4,6H,3,5,7-8H2,1-2H3,(H,16,19). The summed E-state index contributed by atoms with van der Waals surface area (Å²) in [7, 11) is 2.88. The molecule has 1 heterocycles. The molecule has 1 rings (SSSR count). The number of rotatable bonds is 7. The number of carbonyl (C=O) groups excluding carboxylic acids is 2. The minimum absolute atomic E-state index is 0.255. The second-order valence-electron chi connectivity index (χ2n) is 4.32. The van der Waals surface area contributed by atoms with Gasteiger partial charge in [0.1, 0.15) is 0 Å². The van der Waals surface area contributed by atoms with Crippen molar-refractivity contribution in [3.05, 3.63) is 29.6 Å². The number of likely N-dealkylation sites (N-methyl/N-ethyl adjacent to an activating group) is 1. The summed E-state index contributed by atoms with van der Waals surface area (Å²) in [6.07, 6.45) is 1.63. The Bertz CT molecular complexity index is 511. The molecule has 0 radical (unpaired) electrons. The summed E-state index contributed by atoms with van der Waals surface area (Å²) in [4.78, 5) is 27.6. The van der Waals surface area contributed by atoms with Gasteiger partial charge in [-0.2, -0.15) is 4.39 Å². The van der Waals surface area contributed by atoms with E-state index in [0.717, 1.165) is 17.2 Å². The van der Waals surface area contributed by atoms with Crippen LogP contribution in [-0.4, -0.2) is 55.6 Å². The first-order valence-electron chi connectivity index (χ1n) is 6.28. The average Bonchev–Trinajstić information content (AvgIpc) is 2.45. The van der Waals surface area contributed by atoms with E-state index >= 15 is 0 Å². The van der Waals surface area contributed by atoms with Gasteiger partial charge in [-0.25, -0.2) is 9.37 Å². The zero-order valence-electron chi connectivity index (χ0n) is 11.9. The molecular weight excluding hydrogens is 284 g/mol. The molecule has 6 nitrogen and oxygen atoms in total. The fourth-order valence-corrected chi connectivity index (χ4v) is 1.58. The number of hydrogen-bond acceptors (Lipinski definition) is 4. The number of ether oxygens (including phenoxy) is 1. The highest BCUT2D eigenvalue weighted by Crippen LogP contribution is 2.11. The molecule has 0 aliphatic carbocycles. The van der Waals surface area contributed by atoms with Crippen LogP contribution in [0.5, 0.6) is 0 Å². The van der Waals surface area contributed by atoms with Gasteiger partial charge in [-0.1, -0.05) is 0 Å². The smallest absolute Gasteiger partial charge is 0.257 e. The first-order chi connectivity index (χ1) is 9.97. The van der Waals surface area contributed by atoms with Crippen molar-refractivity contribution in [2.45, 2.75) is 6.42 Å². The quantitative estimate of drug-likeness (QED) is 0.591. The molecule has 21 heavy (non-hydrogen) atoms. The molecule has 0 aliphatic rings. The van der Waals surface area contributed by atoms with Gasteiger partial charge in [0.2, 0.25) is 11.9 Å². The molecule has 0 saturated heterocycles. The molecule has 8 heteroatoms. The minimum atomic E-state index is -1.35. The number of halogens is 2. The van der Waals surface area contributed by atoms with E-state index in [4.69, 9.17) is 4.74 Å². The van der Waals surface area contributed by atoms with Gasteiger partial charge < -0.3 is 15.0 Å². The maximum absolute atomic E-state index is 13.4. The molecule has 116 valence electrons. The number of pyridine rings is 1. The van der Waals surface area contributed by atoms with Gasteiger partial charge >= 0.3 is 0 Å². The molecule has 1 aromatic heterocycles. The third kappa shape index (κ3) is 5.07. The van der Waals surface area contributed by atoms with E-state index in [9.17, 15) is 18.4 Å². The summed E-state index contributed by atoms with van der Waals surface area (Å²) in [5, 5.41) is 2.59. The van der Waals surface area contributed by atoms with Crippen LogP contribution in [0.4, 0.5) is 8.78 Å². The first kappa shape index (κ1) is 17.0. The van der Waals surface area contributed by atoms with Gasteiger partial charge in [-0.05, 0) is 12.5 Å². The van der Waals surface area contributed by atoms with Crippen molar-refractivity contribution in [3.63, 3.8) is 0 Å². The van der Waals surface area contributed by atoms with Gasteiger partial charge in [0, 0.05) is 33.5 Å². The second kappa shape index (κ2) is 8.25. The molecule has 0 aliphatic heterocycles. The van der Waals surface area contributed by atoms with E-state index in [-0.39, 0.29) is 6.54 Å². The van der Waals surface area contributed by atoms with Crippen LogP contribution in [0.25, 0.3) is 0 Å². The van der Waals surface area contributed by atoms with Crippen LogP contribution >= 0.6 is 0 Å². The van der Waals surface area contributed by atoms with Gasteiger partial charge in [0.05, 0.1) is 12.1 Å². The average molecular weight is 301 g/mol. The highest BCUT2D eigenvalue weighted by Gasteiger charge is 2.20. The second-order valence-corrected chi connectivity index (χ2v) is 4.32. The van der Waals surface area contributed by atoms with Crippen LogP contribution in [0.3, 0.4) is 0 Å². The Labute approximate surface area is 121 Å². The molecule has 0 spiro atoms. The normalized spacial score (nSPS) is 10.3. The zero-order valence-corrected chi connectivity index (χ0v) is 11.9. The zero-order chi connectivity index (χ0) is 15.8. The molecule has 1 aromatic rings. The van der Waals surface area contributed by atoms with E-state index in [1.807, 2.05) is 0 Å². The van der Waals surface area contributed by atoms with E-state index in [1.165, 1.54) is 7.05 Å². The van der Waals surface area contributed by atoms with E-state index < -0.39 is 29.1 Å². The Hall–Kier alpha value is -2.09. The molecule has 0 saturated carbocycles. The predicted octanol–water partition coefficient (Wildman–Crippen LogP) is 0.585. The van der Waals surface area contributed by atoms with Crippen LogP contribution in [0, 0.1) is 11.8 Å². The van der Waals surface area contributed by atoms with Crippen molar-refractivity contribution >= 4 is 11.8 Å². The lowest BCUT2D eigenvalue weighted by Crippen LogP contribution is -2.39. The maximum Gasteiger partial charge on any atom is 0.257 e. The first-order valence-corrected chi connectivity index (χ1v) is 6.28. The molecule has 0 atom stereocenters. The highest BCUT2D eigenvalue weighted by atomic mass is 19.2. The number of hydrogen-bond donors (Lipinski definition) is 1. The molecule has 0 aromatic carbocycles. The molecule has 1 N–H and O–H groups in total.